The molecule has 1 aromatic heterocycles. The van der Waals surface area contributed by atoms with E-state index in [1.54, 1.807) is 13.8 Å². The van der Waals surface area contributed by atoms with Gasteiger partial charge in [-0.2, -0.15) is 0 Å². The number of nitrogens with zero attached hydrogens (tertiary/aromatic N) is 2. The Morgan fingerprint density at radius 3 is 2.48 bits per heavy atom. The summed E-state index contributed by atoms with van der Waals surface area (Å²) in [5.74, 6) is 2.18. The van der Waals surface area contributed by atoms with Gasteiger partial charge in [0, 0.05) is 6.54 Å². The molecule has 4 heteroatoms. The van der Waals surface area contributed by atoms with Gasteiger partial charge in [0.25, 0.3) is 0 Å². The van der Waals surface area contributed by atoms with E-state index in [0.717, 1.165) is 36.2 Å². The molecule has 3 aromatic rings. The lowest BCUT2D eigenvalue weighted by molar-refractivity contribution is 0.0649. The Kier molecular flexibility index (Phi) is 5.85. The third kappa shape index (κ3) is 4.51. The first-order chi connectivity index (χ1) is 12.9. The molecule has 0 fully saturated rings. The summed E-state index contributed by atoms with van der Waals surface area (Å²) in [5, 5.41) is 10.5. The Balaban J connectivity index is 1.64. The molecular formula is C23H30N2O2. The monoisotopic (exact) mass is 366 g/mol. The van der Waals surface area contributed by atoms with Crippen LogP contribution in [0.4, 0.5) is 0 Å². The molecule has 0 amide bonds. The van der Waals surface area contributed by atoms with Crippen LogP contribution in [0.5, 0.6) is 5.75 Å². The van der Waals surface area contributed by atoms with Gasteiger partial charge in [0.1, 0.15) is 17.2 Å². The van der Waals surface area contributed by atoms with Crippen LogP contribution >= 0.6 is 0 Å². The number of hydrogen-bond donors (Lipinski definition) is 1. The summed E-state index contributed by atoms with van der Waals surface area (Å²) in [4.78, 5) is 4.63. The van der Waals surface area contributed by atoms with Crippen molar-refractivity contribution in [2.24, 2.45) is 0 Å². The average molecular weight is 367 g/mol. The first kappa shape index (κ1) is 19.4. The molecule has 144 valence electrons. The van der Waals surface area contributed by atoms with Crippen molar-refractivity contribution in [1.82, 2.24) is 9.55 Å². The molecule has 0 aliphatic heterocycles. The van der Waals surface area contributed by atoms with E-state index in [0.29, 0.717) is 18.3 Å². The fourth-order valence-corrected chi connectivity index (χ4v) is 3.31. The first-order valence-corrected chi connectivity index (χ1v) is 9.81. The van der Waals surface area contributed by atoms with Crippen LogP contribution in [0.1, 0.15) is 57.8 Å². The van der Waals surface area contributed by atoms with Crippen LogP contribution in [0.15, 0.2) is 48.5 Å². The van der Waals surface area contributed by atoms with E-state index in [1.807, 2.05) is 24.3 Å². The van der Waals surface area contributed by atoms with Gasteiger partial charge in [0.2, 0.25) is 0 Å². The summed E-state index contributed by atoms with van der Waals surface area (Å²) in [6, 6.07) is 16.4. The zero-order chi connectivity index (χ0) is 19.4. The summed E-state index contributed by atoms with van der Waals surface area (Å²) in [6.07, 6.45) is 1.99. The second-order valence-corrected chi connectivity index (χ2v) is 7.72. The van der Waals surface area contributed by atoms with E-state index in [-0.39, 0.29) is 0 Å². The lowest BCUT2D eigenvalue weighted by Gasteiger charge is -2.19. The number of para-hydroxylation sites is 2. The molecule has 0 saturated heterocycles. The van der Waals surface area contributed by atoms with Gasteiger partial charge in [-0.1, -0.05) is 38.1 Å². The molecule has 1 N–H and O–H groups in total. The molecule has 1 unspecified atom stereocenters. The molecule has 27 heavy (non-hydrogen) atoms. The van der Waals surface area contributed by atoms with Gasteiger partial charge in [-0.15, -0.1) is 0 Å². The Morgan fingerprint density at radius 1 is 1.11 bits per heavy atom. The second kappa shape index (κ2) is 8.13. The van der Waals surface area contributed by atoms with E-state index in [1.165, 1.54) is 5.56 Å². The Bertz CT molecular complexity index is 876. The summed E-state index contributed by atoms with van der Waals surface area (Å²) in [7, 11) is 0. The molecule has 1 atom stereocenters. The van der Waals surface area contributed by atoms with Crippen LogP contribution in [0.25, 0.3) is 11.0 Å². The van der Waals surface area contributed by atoms with Crippen molar-refractivity contribution in [2.75, 3.05) is 6.61 Å². The van der Waals surface area contributed by atoms with Gasteiger partial charge in [-0.25, -0.2) is 4.98 Å². The lowest BCUT2D eigenvalue weighted by Crippen LogP contribution is -2.22. The van der Waals surface area contributed by atoms with Gasteiger partial charge in [0.15, 0.2) is 0 Å². The number of aryl methyl sites for hydroxylation is 1. The van der Waals surface area contributed by atoms with Gasteiger partial charge in [-0.3, -0.25) is 0 Å². The maximum absolute atomic E-state index is 10.5. The van der Waals surface area contributed by atoms with Crippen LogP contribution in [-0.4, -0.2) is 21.3 Å². The summed E-state index contributed by atoms with van der Waals surface area (Å²) >= 11 is 0. The van der Waals surface area contributed by atoms with E-state index < -0.39 is 5.60 Å². The molecule has 2 aromatic carbocycles. The smallest absolute Gasteiger partial charge is 0.141 e. The number of benzene rings is 2. The Morgan fingerprint density at radius 2 is 1.81 bits per heavy atom. The zero-order valence-corrected chi connectivity index (χ0v) is 16.8. The number of rotatable bonds is 8. The summed E-state index contributed by atoms with van der Waals surface area (Å²) in [6.45, 7) is 9.38. The highest BCUT2D eigenvalue weighted by atomic mass is 16.5. The highest BCUT2D eigenvalue weighted by molar-refractivity contribution is 5.76. The SMILES string of the molecule is CCC(C)c1ccc(OCCCn2c(C(C)(C)O)nc3ccccc32)cc1. The number of hydrogen-bond acceptors (Lipinski definition) is 3. The molecule has 4 nitrogen and oxygen atoms in total. The molecule has 1 heterocycles. The predicted octanol–water partition coefficient (Wildman–Crippen LogP) is 5.25. The number of fused-ring (bicyclic) bond motifs is 1. The van der Waals surface area contributed by atoms with Crippen molar-refractivity contribution in [2.45, 2.75) is 58.6 Å². The maximum atomic E-state index is 10.5. The lowest BCUT2D eigenvalue weighted by atomic mass is 9.99. The minimum absolute atomic E-state index is 0.578. The van der Waals surface area contributed by atoms with Gasteiger partial charge in [-0.05, 0) is 62.4 Å². The van der Waals surface area contributed by atoms with Crippen molar-refractivity contribution in [3.63, 3.8) is 0 Å². The van der Waals surface area contributed by atoms with Crippen molar-refractivity contribution in [3.05, 3.63) is 59.9 Å². The van der Waals surface area contributed by atoms with Crippen LogP contribution < -0.4 is 4.74 Å². The Hall–Kier alpha value is -2.33. The number of ether oxygens (including phenoxy) is 1. The minimum Gasteiger partial charge on any atom is -0.494 e. The largest absolute Gasteiger partial charge is 0.494 e. The topological polar surface area (TPSA) is 47.3 Å². The van der Waals surface area contributed by atoms with Crippen LogP contribution in [0.2, 0.25) is 0 Å². The van der Waals surface area contributed by atoms with E-state index >= 15 is 0 Å². The first-order valence-electron chi connectivity index (χ1n) is 9.81. The zero-order valence-electron chi connectivity index (χ0n) is 16.8. The fourth-order valence-electron chi connectivity index (χ4n) is 3.31. The standard InChI is InChI=1S/C23H30N2O2/c1-5-17(2)18-11-13-19(14-12-18)27-16-8-15-25-21-10-7-6-9-20(21)24-22(25)23(3,4)26/h6-7,9-14,17,26H,5,8,15-16H2,1-4H3. The molecule has 0 bridgehead atoms. The molecule has 0 radical (unpaired) electrons. The van der Waals surface area contributed by atoms with Crippen LogP contribution in [0.3, 0.4) is 0 Å². The number of aromatic nitrogens is 2. The summed E-state index contributed by atoms with van der Waals surface area (Å²) in [5.41, 5.74) is 2.33. The third-order valence-electron chi connectivity index (χ3n) is 5.06. The minimum atomic E-state index is -0.980. The summed E-state index contributed by atoms with van der Waals surface area (Å²) < 4.78 is 8.02. The fraction of sp³-hybridized carbons (Fsp3) is 0.435. The average Bonchev–Trinajstić information content (AvgIpc) is 3.04. The molecule has 0 aliphatic carbocycles. The van der Waals surface area contributed by atoms with Crippen LogP contribution in [-0.2, 0) is 12.1 Å². The molecule has 0 spiro atoms. The quantitative estimate of drug-likeness (QED) is 0.554. The van der Waals surface area contributed by atoms with Crippen molar-refractivity contribution >= 4 is 11.0 Å². The third-order valence-corrected chi connectivity index (χ3v) is 5.06. The normalized spacial score (nSPS) is 13.1. The van der Waals surface area contributed by atoms with E-state index in [2.05, 4.69) is 47.7 Å². The Labute approximate surface area is 161 Å². The molecule has 0 aliphatic rings. The molecular weight excluding hydrogens is 336 g/mol. The molecule has 3 rings (SSSR count). The maximum Gasteiger partial charge on any atom is 0.141 e. The van der Waals surface area contributed by atoms with E-state index in [9.17, 15) is 5.11 Å². The van der Waals surface area contributed by atoms with Crippen molar-refractivity contribution in [1.29, 1.82) is 0 Å². The number of imidazole rings is 1. The van der Waals surface area contributed by atoms with Gasteiger partial charge >= 0.3 is 0 Å². The van der Waals surface area contributed by atoms with Crippen LogP contribution in [0, 0.1) is 0 Å². The number of aliphatic hydroxyl groups is 1. The van der Waals surface area contributed by atoms with Crippen molar-refractivity contribution < 1.29 is 9.84 Å². The highest BCUT2D eigenvalue weighted by Crippen LogP contribution is 2.25. The van der Waals surface area contributed by atoms with Crippen molar-refractivity contribution in [3.8, 4) is 5.75 Å². The molecule has 0 saturated carbocycles. The van der Waals surface area contributed by atoms with Gasteiger partial charge in [0.05, 0.1) is 17.6 Å². The second-order valence-electron chi connectivity index (χ2n) is 7.72. The van der Waals surface area contributed by atoms with Gasteiger partial charge < -0.3 is 14.4 Å². The highest BCUT2D eigenvalue weighted by Gasteiger charge is 2.24. The van der Waals surface area contributed by atoms with E-state index in [4.69, 9.17) is 4.74 Å². The predicted molar refractivity (Wildman–Crippen MR) is 110 cm³/mol.